The Morgan fingerprint density at radius 3 is 2.57 bits per heavy atom. The normalized spacial score (nSPS) is 15.2. The topological polar surface area (TPSA) is 98.8 Å². The molecule has 1 aliphatic heterocycles. The van der Waals surface area contributed by atoms with Gasteiger partial charge < -0.3 is 35.6 Å². The minimum atomic E-state index is -0.471. The lowest BCUT2D eigenvalue weighted by atomic mass is 10.1. The van der Waals surface area contributed by atoms with Gasteiger partial charge in [-0.1, -0.05) is 12.8 Å². The number of nitrogens with zero attached hydrogens (tertiary/aromatic N) is 1. The van der Waals surface area contributed by atoms with Crippen molar-refractivity contribution < 1.29 is 18.6 Å². The van der Waals surface area contributed by atoms with E-state index in [-0.39, 0.29) is 11.5 Å². The molecule has 35 heavy (non-hydrogen) atoms. The number of fused-ring (bicyclic) bond motifs is 1. The number of aromatic amines is 1. The van der Waals surface area contributed by atoms with Crippen molar-refractivity contribution in [3.8, 4) is 17.2 Å². The van der Waals surface area contributed by atoms with E-state index in [1.807, 2.05) is 6.92 Å². The number of likely N-dealkylation sites (tertiary alicyclic amines) is 1. The van der Waals surface area contributed by atoms with Gasteiger partial charge in [0.2, 0.25) is 0 Å². The minimum absolute atomic E-state index is 0.0559. The van der Waals surface area contributed by atoms with Gasteiger partial charge in [-0.2, -0.15) is 0 Å². The second kappa shape index (κ2) is 11.4. The van der Waals surface area contributed by atoms with E-state index in [1.54, 1.807) is 37.4 Å². The Kier molecular flexibility index (Phi) is 8.02. The van der Waals surface area contributed by atoms with Crippen LogP contribution in [-0.4, -0.2) is 43.2 Å². The highest BCUT2D eigenvalue weighted by Crippen LogP contribution is 2.37. The molecule has 2 heterocycles. The van der Waals surface area contributed by atoms with Crippen LogP contribution in [0.1, 0.15) is 43.4 Å². The summed E-state index contributed by atoms with van der Waals surface area (Å²) in [5.74, 6) is 0.862. The van der Waals surface area contributed by atoms with Crippen molar-refractivity contribution in [2.45, 2.75) is 39.0 Å². The first-order chi connectivity index (χ1) is 17.0. The monoisotopic (exact) mass is 482 g/mol. The van der Waals surface area contributed by atoms with Crippen LogP contribution in [0.2, 0.25) is 0 Å². The molecule has 7 nitrogen and oxygen atoms in total. The Morgan fingerprint density at radius 2 is 1.86 bits per heavy atom. The number of ether oxygens (including phenoxy) is 3. The van der Waals surface area contributed by atoms with Crippen LogP contribution in [0.4, 0.5) is 10.1 Å². The van der Waals surface area contributed by atoms with Gasteiger partial charge in [-0.25, -0.2) is 4.39 Å². The molecule has 1 aromatic heterocycles. The van der Waals surface area contributed by atoms with Crippen LogP contribution < -0.4 is 25.7 Å². The molecule has 188 valence electrons. The average Bonchev–Trinajstić information content (AvgIpc) is 3.05. The second-order valence-electron chi connectivity index (χ2n) is 8.97. The van der Waals surface area contributed by atoms with E-state index in [2.05, 4.69) is 9.88 Å². The number of aromatic nitrogens is 1. The summed E-state index contributed by atoms with van der Waals surface area (Å²) < 4.78 is 32.4. The number of anilines is 1. The van der Waals surface area contributed by atoms with Crippen molar-refractivity contribution >= 4 is 22.3 Å². The van der Waals surface area contributed by atoms with E-state index in [0.29, 0.717) is 40.3 Å². The molecule has 1 aliphatic rings. The lowest BCUT2D eigenvalue weighted by molar-refractivity contribution is 0.235. The third-order valence-electron chi connectivity index (χ3n) is 6.38. The number of nitrogens with two attached hydrogens (primary N) is 2. The van der Waals surface area contributed by atoms with Crippen molar-refractivity contribution in [3.63, 3.8) is 0 Å². The van der Waals surface area contributed by atoms with Gasteiger partial charge >= 0.3 is 0 Å². The highest BCUT2D eigenvalue weighted by atomic mass is 19.1. The highest BCUT2D eigenvalue weighted by molar-refractivity contribution is 5.83. The number of rotatable bonds is 9. The van der Waals surface area contributed by atoms with E-state index < -0.39 is 5.82 Å². The van der Waals surface area contributed by atoms with E-state index in [9.17, 15) is 0 Å². The number of methoxy groups -OCH3 is 1. The Bertz CT molecular complexity index is 1180. The maximum atomic E-state index is 15.0. The zero-order valence-corrected chi connectivity index (χ0v) is 20.5. The number of aryl methyl sites for hydroxylation is 1. The summed E-state index contributed by atoms with van der Waals surface area (Å²) in [6.07, 6.45) is 7.38. The lowest BCUT2D eigenvalue weighted by Gasteiger charge is -2.20. The Balaban J connectivity index is 1.45. The third kappa shape index (κ3) is 5.82. The summed E-state index contributed by atoms with van der Waals surface area (Å²) in [5.41, 5.74) is 14.6. The van der Waals surface area contributed by atoms with E-state index in [0.717, 1.165) is 31.7 Å². The maximum absolute atomic E-state index is 15.0. The number of hydrogen-bond acceptors (Lipinski definition) is 6. The number of hydrogen-bond donors (Lipinski definition) is 3. The molecular formula is C27H35FN4O3. The fourth-order valence-electron chi connectivity index (χ4n) is 4.56. The highest BCUT2D eigenvalue weighted by Gasteiger charge is 2.18. The third-order valence-corrected chi connectivity index (χ3v) is 6.38. The molecule has 0 bridgehead atoms. The largest absolute Gasteiger partial charge is 0.493 e. The van der Waals surface area contributed by atoms with Gasteiger partial charge in [0.1, 0.15) is 0 Å². The zero-order chi connectivity index (χ0) is 24.8. The summed E-state index contributed by atoms with van der Waals surface area (Å²) in [7, 11) is 1.56. The molecule has 0 aliphatic carbocycles. The fraction of sp³-hybridized carbons (Fsp3) is 0.407. The second-order valence-corrected chi connectivity index (χ2v) is 8.97. The first-order valence-electron chi connectivity index (χ1n) is 12.2. The molecule has 0 spiro atoms. The number of benzene rings is 2. The molecular weight excluding hydrogens is 447 g/mol. The van der Waals surface area contributed by atoms with Gasteiger partial charge in [-0.05, 0) is 63.5 Å². The van der Waals surface area contributed by atoms with E-state index in [4.69, 9.17) is 25.7 Å². The van der Waals surface area contributed by atoms with Crippen molar-refractivity contribution in [3.05, 3.63) is 53.6 Å². The molecule has 1 saturated heterocycles. The molecule has 0 radical (unpaired) electrons. The van der Waals surface area contributed by atoms with Gasteiger partial charge in [0.15, 0.2) is 28.8 Å². The van der Waals surface area contributed by atoms with Crippen LogP contribution in [-0.2, 0) is 0 Å². The van der Waals surface area contributed by atoms with Crippen LogP contribution in [0.3, 0.4) is 0 Å². The molecule has 1 fully saturated rings. The smallest absolute Gasteiger partial charge is 0.175 e. The molecule has 0 unspecified atom stereocenters. The van der Waals surface area contributed by atoms with Crippen molar-refractivity contribution in [1.82, 2.24) is 9.88 Å². The fourth-order valence-corrected chi connectivity index (χ4v) is 4.56. The standard InChI is InChI=1S/C27H35FN4O3/c1-18-14-20-22(31-18)8-9-23(27(20)28)35-26(17-29)19-15-24(33-2)25(16-21(19)30)34-13-7-12-32-10-5-3-4-6-11-32/h8-9,14-17,31H,3-7,10-13,29-30H2,1-2H3/b26-17+. The van der Waals surface area contributed by atoms with Crippen molar-refractivity contribution in [1.29, 1.82) is 0 Å². The van der Waals surface area contributed by atoms with Crippen LogP contribution >= 0.6 is 0 Å². The molecule has 3 aromatic rings. The first kappa shape index (κ1) is 24.7. The molecule has 0 atom stereocenters. The molecule has 8 heteroatoms. The van der Waals surface area contributed by atoms with E-state index in [1.165, 1.54) is 31.9 Å². The first-order valence-corrected chi connectivity index (χ1v) is 12.2. The van der Waals surface area contributed by atoms with Crippen LogP contribution in [0.5, 0.6) is 17.2 Å². The van der Waals surface area contributed by atoms with E-state index >= 15 is 4.39 Å². The molecule has 4 rings (SSSR count). The number of halogens is 1. The predicted molar refractivity (Wildman–Crippen MR) is 138 cm³/mol. The average molecular weight is 483 g/mol. The van der Waals surface area contributed by atoms with Gasteiger partial charge in [0.05, 0.1) is 13.7 Å². The maximum Gasteiger partial charge on any atom is 0.175 e. The summed E-state index contributed by atoms with van der Waals surface area (Å²) in [6, 6.07) is 8.46. The Labute approximate surface area is 205 Å². The van der Waals surface area contributed by atoms with Crippen molar-refractivity contribution in [2.75, 3.05) is 39.1 Å². The van der Waals surface area contributed by atoms with Gasteiger partial charge in [0.25, 0.3) is 0 Å². The van der Waals surface area contributed by atoms with Crippen LogP contribution in [0, 0.1) is 12.7 Å². The quantitative estimate of drug-likeness (QED) is 0.221. The molecule has 0 amide bonds. The number of H-pyrrole nitrogens is 1. The van der Waals surface area contributed by atoms with Crippen molar-refractivity contribution in [2.24, 2.45) is 5.73 Å². The Morgan fingerprint density at radius 1 is 1.09 bits per heavy atom. The summed E-state index contributed by atoms with van der Waals surface area (Å²) in [6.45, 7) is 5.77. The predicted octanol–water partition coefficient (Wildman–Crippen LogP) is 5.19. The SMILES string of the molecule is COc1cc(/C(=C\N)Oc2ccc3[nH]c(C)cc3c2F)c(N)cc1OCCCN1CCCCCC1. The van der Waals surface area contributed by atoms with Crippen LogP contribution in [0.15, 0.2) is 36.5 Å². The zero-order valence-electron chi connectivity index (χ0n) is 20.5. The van der Waals surface area contributed by atoms with Gasteiger partial charge in [-0.15, -0.1) is 0 Å². The number of nitrogen functional groups attached to an aromatic ring is 1. The van der Waals surface area contributed by atoms with Crippen LogP contribution in [0.25, 0.3) is 16.7 Å². The summed E-state index contributed by atoms with van der Waals surface area (Å²) in [4.78, 5) is 5.62. The molecule has 0 saturated carbocycles. The molecule has 2 aromatic carbocycles. The molecule has 5 N–H and O–H groups in total. The minimum Gasteiger partial charge on any atom is -0.493 e. The lowest BCUT2D eigenvalue weighted by Crippen LogP contribution is -2.26. The summed E-state index contributed by atoms with van der Waals surface area (Å²) >= 11 is 0. The summed E-state index contributed by atoms with van der Waals surface area (Å²) in [5, 5.41) is 0.450. The Hall–Kier alpha value is -3.39. The van der Waals surface area contributed by atoms with Gasteiger partial charge in [-0.3, -0.25) is 0 Å². The number of nitrogens with one attached hydrogen (secondary N) is 1. The van der Waals surface area contributed by atoms with Gasteiger partial charge in [0, 0.05) is 46.7 Å².